The Hall–Kier alpha value is -2.38. The van der Waals surface area contributed by atoms with Crippen LogP contribution in [0.2, 0.25) is 0 Å². The SMILES string of the molecule is C=CCOc1cc(OCCCC)c([C@H]2C[C@@H](OCCCC)C[C@@H](COCCCC)O2)cc1Cc1cc2ccccc2s1. The molecule has 1 saturated heterocycles. The van der Waals surface area contributed by atoms with Crippen molar-refractivity contribution in [3.63, 3.8) is 0 Å². The van der Waals surface area contributed by atoms with Crippen molar-refractivity contribution >= 4 is 21.4 Å². The van der Waals surface area contributed by atoms with E-state index in [1.165, 1.54) is 15.0 Å². The van der Waals surface area contributed by atoms with Crippen molar-refractivity contribution in [2.75, 3.05) is 33.0 Å². The summed E-state index contributed by atoms with van der Waals surface area (Å²) < 4.78 is 33.2. The third-order valence-electron chi connectivity index (χ3n) is 7.65. The minimum Gasteiger partial charge on any atom is -0.493 e. The second kappa shape index (κ2) is 17.7. The molecular weight excluding hydrogens is 544 g/mol. The molecule has 0 radical (unpaired) electrons. The smallest absolute Gasteiger partial charge is 0.128 e. The molecule has 0 amide bonds. The third-order valence-corrected chi connectivity index (χ3v) is 8.77. The molecule has 0 aliphatic carbocycles. The van der Waals surface area contributed by atoms with Crippen molar-refractivity contribution in [2.45, 2.75) is 96.9 Å². The predicted octanol–water partition coefficient (Wildman–Crippen LogP) is 9.46. The highest BCUT2D eigenvalue weighted by molar-refractivity contribution is 7.19. The van der Waals surface area contributed by atoms with Crippen molar-refractivity contribution in [3.8, 4) is 11.5 Å². The van der Waals surface area contributed by atoms with Gasteiger partial charge >= 0.3 is 0 Å². The largest absolute Gasteiger partial charge is 0.493 e. The van der Waals surface area contributed by atoms with Gasteiger partial charge in [-0.05, 0) is 48.4 Å². The van der Waals surface area contributed by atoms with Gasteiger partial charge in [-0.1, -0.05) is 70.9 Å². The van der Waals surface area contributed by atoms with Crippen molar-refractivity contribution in [2.24, 2.45) is 0 Å². The van der Waals surface area contributed by atoms with E-state index >= 15 is 0 Å². The summed E-state index contributed by atoms with van der Waals surface area (Å²) in [5.41, 5.74) is 2.21. The number of unbranched alkanes of at least 4 members (excludes halogenated alkanes) is 3. The van der Waals surface area contributed by atoms with Crippen molar-refractivity contribution in [3.05, 3.63) is 71.1 Å². The minimum atomic E-state index is -0.142. The summed E-state index contributed by atoms with van der Waals surface area (Å²) >= 11 is 1.84. The Morgan fingerprint density at radius 3 is 2.48 bits per heavy atom. The van der Waals surface area contributed by atoms with E-state index < -0.39 is 0 Å². The maximum Gasteiger partial charge on any atom is 0.128 e. The van der Waals surface area contributed by atoms with Crippen molar-refractivity contribution in [1.82, 2.24) is 0 Å². The molecule has 0 saturated carbocycles. The number of hydrogen-bond acceptors (Lipinski definition) is 6. The van der Waals surface area contributed by atoms with Gasteiger partial charge in [-0.15, -0.1) is 11.3 Å². The van der Waals surface area contributed by atoms with Crippen LogP contribution in [0.3, 0.4) is 0 Å². The molecule has 3 atom stereocenters. The Morgan fingerprint density at radius 2 is 1.69 bits per heavy atom. The van der Waals surface area contributed by atoms with E-state index in [1.807, 2.05) is 11.3 Å². The molecule has 2 heterocycles. The van der Waals surface area contributed by atoms with Crippen LogP contribution in [-0.4, -0.2) is 45.2 Å². The van der Waals surface area contributed by atoms with Gasteiger partial charge in [0.15, 0.2) is 0 Å². The van der Waals surface area contributed by atoms with Gasteiger partial charge in [-0.2, -0.15) is 0 Å². The minimum absolute atomic E-state index is 0.0153. The highest BCUT2D eigenvalue weighted by Gasteiger charge is 2.33. The second-order valence-electron chi connectivity index (χ2n) is 11.2. The van der Waals surface area contributed by atoms with Gasteiger partial charge in [0, 0.05) is 53.7 Å². The zero-order chi connectivity index (χ0) is 29.6. The molecule has 2 aromatic carbocycles. The van der Waals surface area contributed by atoms with Gasteiger partial charge in [-0.25, -0.2) is 0 Å². The molecular formula is C36H50O5S. The van der Waals surface area contributed by atoms with E-state index in [0.29, 0.717) is 19.8 Å². The quantitative estimate of drug-likeness (QED) is 0.102. The van der Waals surface area contributed by atoms with Gasteiger partial charge in [0.1, 0.15) is 18.1 Å². The molecule has 4 rings (SSSR count). The van der Waals surface area contributed by atoms with Crippen molar-refractivity contribution in [1.29, 1.82) is 0 Å². The Morgan fingerprint density at radius 1 is 0.905 bits per heavy atom. The summed E-state index contributed by atoms with van der Waals surface area (Å²) in [7, 11) is 0. The maximum absolute atomic E-state index is 6.77. The number of rotatable bonds is 19. The maximum atomic E-state index is 6.77. The number of ether oxygens (including phenoxy) is 5. The van der Waals surface area contributed by atoms with Crippen LogP contribution in [0.15, 0.2) is 55.1 Å². The molecule has 230 valence electrons. The first kappa shape index (κ1) is 32.5. The second-order valence-corrected chi connectivity index (χ2v) is 12.4. The molecule has 1 fully saturated rings. The Kier molecular flexibility index (Phi) is 13.7. The normalized spacial score (nSPS) is 18.8. The molecule has 6 heteroatoms. The lowest BCUT2D eigenvalue weighted by atomic mass is 9.93. The number of hydrogen-bond donors (Lipinski definition) is 0. The number of benzene rings is 2. The van der Waals surface area contributed by atoms with Crippen LogP contribution < -0.4 is 9.47 Å². The first-order valence-corrected chi connectivity index (χ1v) is 16.8. The molecule has 3 aromatic rings. The molecule has 0 spiro atoms. The molecule has 1 aliphatic rings. The first-order chi connectivity index (χ1) is 20.6. The first-order valence-electron chi connectivity index (χ1n) is 16.0. The van der Waals surface area contributed by atoms with Crippen LogP contribution in [0, 0.1) is 0 Å². The standard InChI is InChI=1S/C36H50O5S/c1-5-9-17-37-26-30-23-29(38-18-10-6-2)24-35(41-30)32-22-28(21-31-20-27-14-12-13-15-36(27)42-31)33(39-16-8-4)25-34(32)40-19-11-7-3/h8,12-15,20,22,25,29-30,35H,4-7,9-11,16-19,21,23-24,26H2,1-3H3/t29-,30-,35+/m0/s1. The summed E-state index contributed by atoms with van der Waals surface area (Å²) in [4.78, 5) is 1.30. The Bertz CT molecular complexity index is 1190. The average molecular weight is 595 g/mol. The molecule has 0 bridgehead atoms. The number of thiophene rings is 1. The monoisotopic (exact) mass is 594 g/mol. The lowest BCUT2D eigenvalue weighted by Gasteiger charge is -2.36. The van der Waals surface area contributed by atoms with Crippen LogP contribution in [0.1, 0.15) is 94.2 Å². The average Bonchev–Trinajstić information content (AvgIpc) is 3.41. The molecule has 42 heavy (non-hydrogen) atoms. The van der Waals surface area contributed by atoms with Gasteiger partial charge in [0.25, 0.3) is 0 Å². The lowest BCUT2D eigenvalue weighted by Crippen LogP contribution is -2.36. The highest BCUT2D eigenvalue weighted by atomic mass is 32.1. The Balaban J connectivity index is 1.67. The lowest BCUT2D eigenvalue weighted by molar-refractivity contribution is -0.138. The van der Waals surface area contributed by atoms with Crippen LogP contribution in [0.4, 0.5) is 0 Å². The highest BCUT2D eigenvalue weighted by Crippen LogP contribution is 2.42. The number of fused-ring (bicyclic) bond motifs is 1. The summed E-state index contributed by atoms with van der Waals surface area (Å²) in [6, 6.07) is 15.2. The van der Waals surface area contributed by atoms with E-state index in [0.717, 1.165) is 93.6 Å². The topological polar surface area (TPSA) is 46.2 Å². The molecule has 0 N–H and O–H groups in total. The van der Waals surface area contributed by atoms with E-state index in [4.69, 9.17) is 23.7 Å². The molecule has 5 nitrogen and oxygen atoms in total. The zero-order valence-electron chi connectivity index (χ0n) is 25.9. The summed E-state index contributed by atoms with van der Waals surface area (Å²) in [5, 5.41) is 1.28. The summed E-state index contributed by atoms with van der Waals surface area (Å²) in [6.45, 7) is 13.7. The van der Waals surface area contributed by atoms with E-state index in [1.54, 1.807) is 6.08 Å². The fourth-order valence-corrected chi connectivity index (χ4v) is 6.42. The van der Waals surface area contributed by atoms with Gasteiger partial charge in [0.05, 0.1) is 31.5 Å². The van der Waals surface area contributed by atoms with Crippen molar-refractivity contribution < 1.29 is 23.7 Å². The summed E-state index contributed by atoms with van der Waals surface area (Å²) in [5.74, 6) is 1.68. The van der Waals surface area contributed by atoms with E-state index in [9.17, 15) is 0 Å². The van der Waals surface area contributed by atoms with E-state index in [-0.39, 0.29) is 18.3 Å². The Labute approximate surface area is 257 Å². The van der Waals surface area contributed by atoms with Crippen LogP contribution in [0.5, 0.6) is 11.5 Å². The van der Waals surface area contributed by atoms with Gasteiger partial charge < -0.3 is 23.7 Å². The summed E-state index contributed by atoms with van der Waals surface area (Å²) in [6.07, 6.45) is 10.6. The molecule has 1 aliphatic heterocycles. The third kappa shape index (κ3) is 9.57. The zero-order valence-corrected chi connectivity index (χ0v) is 26.7. The van der Waals surface area contributed by atoms with E-state index in [2.05, 4.69) is 69.8 Å². The fraction of sp³-hybridized carbons (Fsp3) is 0.556. The molecule has 0 unspecified atom stereocenters. The van der Waals surface area contributed by atoms with Crippen LogP contribution in [-0.2, 0) is 20.6 Å². The van der Waals surface area contributed by atoms with Gasteiger partial charge in [-0.3, -0.25) is 0 Å². The fourth-order valence-electron chi connectivity index (χ4n) is 5.33. The van der Waals surface area contributed by atoms with Gasteiger partial charge in [0.2, 0.25) is 0 Å². The van der Waals surface area contributed by atoms with Crippen LogP contribution in [0.25, 0.3) is 10.1 Å². The predicted molar refractivity (Wildman–Crippen MR) is 174 cm³/mol. The van der Waals surface area contributed by atoms with Crippen LogP contribution >= 0.6 is 11.3 Å². The molecule has 1 aromatic heterocycles.